The van der Waals surface area contributed by atoms with E-state index < -0.39 is 21.1 Å². The summed E-state index contributed by atoms with van der Waals surface area (Å²) < 4.78 is 24.5. The van der Waals surface area contributed by atoms with Gasteiger partial charge in [0.1, 0.15) is 0 Å². The van der Waals surface area contributed by atoms with Crippen molar-refractivity contribution in [3.63, 3.8) is 0 Å². The van der Waals surface area contributed by atoms with E-state index in [1.807, 2.05) is 0 Å². The van der Waals surface area contributed by atoms with E-state index in [2.05, 4.69) is 21.2 Å². The van der Waals surface area contributed by atoms with Crippen LogP contribution in [0, 0.1) is 0 Å². The first-order valence-electron chi connectivity index (χ1n) is 4.43. The molecule has 1 aromatic carbocycles. The van der Waals surface area contributed by atoms with Gasteiger partial charge in [-0.3, -0.25) is 4.79 Å². The van der Waals surface area contributed by atoms with Crippen LogP contribution in [0.1, 0.15) is 0 Å². The summed E-state index contributed by atoms with van der Waals surface area (Å²) in [6.45, 7) is -0.118. The number of aliphatic carboxylic acids is 1. The number of carboxylic acids is 1. The molecule has 0 fully saturated rings. The number of sulfone groups is 1. The first-order valence-corrected chi connectivity index (χ1v) is 6.77. The lowest BCUT2D eigenvalue weighted by Gasteiger charge is -2.24. The van der Waals surface area contributed by atoms with Crippen LogP contribution in [0.3, 0.4) is 0 Å². The minimum atomic E-state index is -3.80. The van der Waals surface area contributed by atoms with Crippen LogP contribution in [-0.4, -0.2) is 31.3 Å². The molecule has 0 aromatic heterocycles. The molecule has 0 radical (unpaired) electrons. The van der Waals surface area contributed by atoms with Gasteiger partial charge >= 0.3 is 5.97 Å². The molecule has 0 bridgehead atoms. The first kappa shape index (κ1) is 11.4. The summed E-state index contributed by atoms with van der Waals surface area (Å²) in [7, 11) is -3.80. The van der Waals surface area contributed by atoms with Gasteiger partial charge in [-0.25, -0.2) is 8.42 Å². The summed E-state index contributed by atoms with van der Waals surface area (Å²) in [5, 5.41) is 10.2. The van der Waals surface area contributed by atoms with E-state index in [9.17, 15) is 13.2 Å². The van der Waals surface area contributed by atoms with Crippen LogP contribution in [-0.2, 0) is 14.6 Å². The molecule has 0 aliphatic carbocycles. The molecule has 1 aliphatic heterocycles. The molecule has 1 aromatic rings. The van der Waals surface area contributed by atoms with Gasteiger partial charge in [0.2, 0.25) is 0 Å². The van der Waals surface area contributed by atoms with Crippen molar-refractivity contribution >= 4 is 37.4 Å². The highest BCUT2D eigenvalue weighted by Gasteiger charge is 2.39. The number of carboxylic acid groups (broad SMARTS) is 1. The predicted octanol–water partition coefficient (Wildman–Crippen LogP) is 1.10. The molecule has 1 atom stereocenters. The molecule has 0 saturated carbocycles. The Morgan fingerprint density at radius 2 is 2.19 bits per heavy atom. The SMILES string of the molecule is O=C(O)C1CNc2c(Br)cccc2S1(=O)=O. The molecule has 2 N–H and O–H groups in total. The van der Waals surface area contributed by atoms with Crippen molar-refractivity contribution in [2.45, 2.75) is 10.1 Å². The van der Waals surface area contributed by atoms with Crippen LogP contribution in [0.5, 0.6) is 0 Å². The third-order valence-electron chi connectivity index (χ3n) is 2.40. The third kappa shape index (κ3) is 1.60. The van der Waals surface area contributed by atoms with Gasteiger partial charge < -0.3 is 10.4 Å². The molecule has 1 unspecified atom stereocenters. The van der Waals surface area contributed by atoms with Crippen LogP contribution >= 0.6 is 15.9 Å². The van der Waals surface area contributed by atoms with Gasteiger partial charge in [0, 0.05) is 11.0 Å². The first-order chi connectivity index (χ1) is 7.44. The van der Waals surface area contributed by atoms with Gasteiger partial charge in [-0.1, -0.05) is 6.07 Å². The molecule has 0 spiro atoms. The maximum atomic E-state index is 12.0. The summed E-state index contributed by atoms with van der Waals surface area (Å²) in [4.78, 5) is 10.9. The van der Waals surface area contributed by atoms with Crippen LogP contribution in [0.25, 0.3) is 0 Å². The largest absolute Gasteiger partial charge is 0.480 e. The highest BCUT2D eigenvalue weighted by Crippen LogP contribution is 2.35. The van der Waals surface area contributed by atoms with Crippen molar-refractivity contribution < 1.29 is 18.3 Å². The Balaban J connectivity index is 2.65. The van der Waals surface area contributed by atoms with Gasteiger partial charge in [-0.05, 0) is 28.1 Å². The molecule has 0 saturated heterocycles. The number of carbonyl (C=O) groups is 1. The highest BCUT2D eigenvalue weighted by atomic mass is 79.9. The van der Waals surface area contributed by atoms with Gasteiger partial charge in [-0.2, -0.15) is 0 Å². The number of nitrogens with one attached hydrogen (secondary N) is 1. The Kier molecular flexibility index (Phi) is 2.67. The zero-order chi connectivity index (χ0) is 11.9. The summed E-state index contributed by atoms with van der Waals surface area (Å²) >= 11 is 3.22. The Labute approximate surface area is 101 Å². The van der Waals surface area contributed by atoms with E-state index in [4.69, 9.17) is 5.11 Å². The van der Waals surface area contributed by atoms with Crippen molar-refractivity contribution in [3.8, 4) is 0 Å². The highest BCUT2D eigenvalue weighted by molar-refractivity contribution is 9.10. The Bertz CT molecular complexity index is 555. The molecule has 1 heterocycles. The molecule has 2 rings (SSSR count). The number of benzene rings is 1. The van der Waals surface area contributed by atoms with Crippen molar-refractivity contribution in [2.75, 3.05) is 11.9 Å². The summed E-state index contributed by atoms with van der Waals surface area (Å²) in [6, 6.07) is 4.66. The van der Waals surface area contributed by atoms with Crippen LogP contribution in [0.2, 0.25) is 0 Å². The van der Waals surface area contributed by atoms with E-state index in [1.165, 1.54) is 6.07 Å². The summed E-state index contributed by atoms with van der Waals surface area (Å²) in [5.74, 6) is -1.34. The fraction of sp³-hybridized carbons (Fsp3) is 0.222. The number of para-hydroxylation sites is 1. The van der Waals surface area contributed by atoms with E-state index >= 15 is 0 Å². The second-order valence-corrected chi connectivity index (χ2v) is 6.32. The number of fused-ring (bicyclic) bond motifs is 1. The topological polar surface area (TPSA) is 83.5 Å². The van der Waals surface area contributed by atoms with Crippen molar-refractivity contribution in [3.05, 3.63) is 22.7 Å². The van der Waals surface area contributed by atoms with Crippen LogP contribution in [0.15, 0.2) is 27.6 Å². The quantitative estimate of drug-likeness (QED) is 0.812. The van der Waals surface area contributed by atoms with Gasteiger partial charge in [0.15, 0.2) is 15.1 Å². The van der Waals surface area contributed by atoms with Crippen molar-refractivity contribution in [1.29, 1.82) is 0 Å². The molecule has 16 heavy (non-hydrogen) atoms. The summed E-state index contributed by atoms with van der Waals surface area (Å²) in [6.07, 6.45) is 0. The molecule has 0 amide bonds. The minimum Gasteiger partial charge on any atom is -0.480 e. The number of hydrogen-bond donors (Lipinski definition) is 2. The monoisotopic (exact) mass is 305 g/mol. The third-order valence-corrected chi connectivity index (χ3v) is 5.13. The predicted molar refractivity (Wildman–Crippen MR) is 61.2 cm³/mol. The second kappa shape index (κ2) is 3.74. The van der Waals surface area contributed by atoms with E-state index in [1.54, 1.807) is 12.1 Å². The fourth-order valence-corrected chi connectivity index (χ4v) is 3.84. The van der Waals surface area contributed by atoms with Gasteiger partial charge in [0.25, 0.3) is 0 Å². The fourth-order valence-electron chi connectivity index (χ4n) is 1.59. The van der Waals surface area contributed by atoms with E-state index in [-0.39, 0.29) is 11.4 Å². The standard InChI is InChI=1S/C9H8BrNO4S/c10-5-2-1-3-6-8(5)11-4-7(9(12)13)16(6,14)15/h1-3,7,11H,4H2,(H,12,13). The number of halogens is 1. The lowest BCUT2D eigenvalue weighted by atomic mass is 10.3. The zero-order valence-corrected chi connectivity index (χ0v) is 10.4. The Morgan fingerprint density at radius 3 is 2.81 bits per heavy atom. The zero-order valence-electron chi connectivity index (χ0n) is 7.97. The maximum Gasteiger partial charge on any atom is 0.324 e. The molecule has 1 aliphatic rings. The van der Waals surface area contributed by atoms with E-state index in [0.717, 1.165) is 0 Å². The van der Waals surface area contributed by atoms with Gasteiger partial charge in [0.05, 0.1) is 10.6 Å². The van der Waals surface area contributed by atoms with Crippen LogP contribution in [0.4, 0.5) is 5.69 Å². The smallest absolute Gasteiger partial charge is 0.324 e. The Hall–Kier alpha value is -1.08. The molecular weight excluding hydrogens is 298 g/mol. The lowest BCUT2D eigenvalue weighted by Crippen LogP contribution is -2.40. The number of hydrogen-bond acceptors (Lipinski definition) is 4. The average molecular weight is 306 g/mol. The maximum absolute atomic E-state index is 12.0. The normalized spacial score (nSPS) is 21.9. The van der Waals surface area contributed by atoms with Gasteiger partial charge in [-0.15, -0.1) is 0 Å². The van der Waals surface area contributed by atoms with Crippen molar-refractivity contribution in [2.24, 2.45) is 0 Å². The molecule has 7 heteroatoms. The molecular formula is C9H8BrNO4S. The second-order valence-electron chi connectivity index (χ2n) is 3.37. The number of rotatable bonds is 1. The molecule has 5 nitrogen and oxygen atoms in total. The minimum absolute atomic E-state index is 0.0283. The lowest BCUT2D eigenvalue weighted by molar-refractivity contribution is -0.136. The van der Waals surface area contributed by atoms with Crippen molar-refractivity contribution in [1.82, 2.24) is 0 Å². The van der Waals surface area contributed by atoms with Crippen LogP contribution < -0.4 is 5.32 Å². The van der Waals surface area contributed by atoms with E-state index in [0.29, 0.717) is 10.2 Å². The number of anilines is 1. The molecule has 86 valence electrons. The summed E-state index contributed by atoms with van der Waals surface area (Å²) in [5.41, 5.74) is 0.431. The average Bonchev–Trinajstić information content (AvgIpc) is 2.18. The Morgan fingerprint density at radius 1 is 1.50 bits per heavy atom.